The van der Waals surface area contributed by atoms with Gasteiger partial charge in [0, 0.05) is 6.42 Å². The molecule has 444 valence electrons. The van der Waals surface area contributed by atoms with Crippen LogP contribution in [0.15, 0.2) is 48.6 Å². The lowest BCUT2D eigenvalue weighted by molar-refractivity contribution is -0.305. The van der Waals surface area contributed by atoms with Gasteiger partial charge >= 0.3 is 5.97 Å². The van der Waals surface area contributed by atoms with E-state index < -0.39 is 67.4 Å². The molecular formula is C65H119NO10. The third-order valence-corrected chi connectivity index (χ3v) is 15.0. The number of hydrogen-bond donors (Lipinski definition) is 6. The van der Waals surface area contributed by atoms with Crippen molar-refractivity contribution < 1.29 is 49.3 Å². The topological polar surface area (TPSA) is 175 Å². The van der Waals surface area contributed by atoms with Gasteiger partial charge in [-0.2, -0.15) is 0 Å². The van der Waals surface area contributed by atoms with Crippen LogP contribution in [0.1, 0.15) is 290 Å². The van der Waals surface area contributed by atoms with Crippen molar-refractivity contribution in [1.29, 1.82) is 0 Å². The summed E-state index contributed by atoms with van der Waals surface area (Å²) in [5.74, 6) is -1.21. The molecule has 0 aromatic heterocycles. The van der Waals surface area contributed by atoms with Crippen LogP contribution in [0.3, 0.4) is 0 Å². The second kappa shape index (κ2) is 53.3. The van der Waals surface area contributed by atoms with E-state index in [0.29, 0.717) is 12.8 Å². The standard InChI is InChI=1S/C65H119NO10/c1-4-7-10-13-16-19-22-25-26-27-28-29-30-31-32-35-38-41-44-47-50-53-60(70)76-63-62(72)61(71)59(54-67)75-65(63)74-55-56(57(68)51-48-45-42-39-36-33-23-20-17-14-11-8-5-2)66-64(73)58(69)52-49-46-43-40-37-34-24-21-18-15-12-9-6-3/h16,19,25-26,37,40,48,51,56-59,61-63,65,67-69,71-72H,4-15,17-18,20-24,27-36,38-39,41-47,49-50,52-55H2,1-3H3,(H,66,73)/b19-16-,26-25-,40-37-,51-48+. The molecule has 0 aromatic rings. The molecule has 1 heterocycles. The Kier molecular flexibility index (Phi) is 50.2. The van der Waals surface area contributed by atoms with E-state index in [1.54, 1.807) is 6.08 Å². The summed E-state index contributed by atoms with van der Waals surface area (Å²) >= 11 is 0. The fourth-order valence-corrected chi connectivity index (χ4v) is 9.85. The van der Waals surface area contributed by atoms with E-state index in [1.807, 2.05) is 6.08 Å². The second-order valence-electron chi connectivity index (χ2n) is 22.1. The van der Waals surface area contributed by atoms with Crippen molar-refractivity contribution in [1.82, 2.24) is 5.32 Å². The highest BCUT2D eigenvalue weighted by atomic mass is 16.7. The van der Waals surface area contributed by atoms with Crippen LogP contribution in [-0.4, -0.2) is 99.6 Å². The zero-order chi connectivity index (χ0) is 55.4. The lowest BCUT2D eigenvalue weighted by Crippen LogP contribution is -2.61. The summed E-state index contributed by atoms with van der Waals surface area (Å²) in [5.41, 5.74) is 0. The number of carbonyl (C=O) groups is 2. The first-order valence-electron chi connectivity index (χ1n) is 31.9. The number of hydrogen-bond acceptors (Lipinski definition) is 10. The Labute approximate surface area is 466 Å². The fourth-order valence-electron chi connectivity index (χ4n) is 9.85. The van der Waals surface area contributed by atoms with Crippen molar-refractivity contribution in [3.8, 4) is 0 Å². The van der Waals surface area contributed by atoms with Gasteiger partial charge in [0.2, 0.25) is 5.91 Å². The molecule has 1 rings (SSSR count). The minimum Gasteiger partial charge on any atom is -0.454 e. The summed E-state index contributed by atoms with van der Waals surface area (Å²) < 4.78 is 17.6. The number of carbonyl (C=O) groups excluding carboxylic acids is 2. The maximum atomic E-state index is 13.4. The Bertz CT molecular complexity index is 1420. The average molecular weight is 1070 g/mol. The second-order valence-corrected chi connectivity index (χ2v) is 22.1. The van der Waals surface area contributed by atoms with Gasteiger partial charge in [0.05, 0.1) is 25.4 Å². The molecule has 0 radical (unpaired) electrons. The molecule has 1 aliphatic rings. The van der Waals surface area contributed by atoms with Crippen molar-refractivity contribution in [3.05, 3.63) is 48.6 Å². The molecule has 6 N–H and O–H groups in total. The minimum absolute atomic E-state index is 0.120. The number of unbranched alkanes of at least 4 members (excludes halogenated alkanes) is 34. The molecule has 11 heteroatoms. The van der Waals surface area contributed by atoms with E-state index in [0.717, 1.165) is 64.2 Å². The Morgan fingerprint density at radius 2 is 0.908 bits per heavy atom. The highest BCUT2D eigenvalue weighted by Crippen LogP contribution is 2.26. The highest BCUT2D eigenvalue weighted by Gasteiger charge is 2.47. The van der Waals surface area contributed by atoms with E-state index in [4.69, 9.17) is 14.2 Å². The van der Waals surface area contributed by atoms with Crippen LogP contribution < -0.4 is 5.32 Å². The molecule has 0 saturated carbocycles. The zero-order valence-corrected chi connectivity index (χ0v) is 49.1. The van der Waals surface area contributed by atoms with Gasteiger partial charge in [-0.1, -0.05) is 249 Å². The largest absolute Gasteiger partial charge is 0.454 e. The van der Waals surface area contributed by atoms with Gasteiger partial charge in [0.1, 0.15) is 24.4 Å². The molecule has 76 heavy (non-hydrogen) atoms. The molecule has 0 bridgehead atoms. The van der Waals surface area contributed by atoms with Crippen LogP contribution in [0.25, 0.3) is 0 Å². The van der Waals surface area contributed by atoms with Gasteiger partial charge in [-0.05, 0) is 83.5 Å². The number of aliphatic hydroxyl groups is 5. The molecule has 1 saturated heterocycles. The van der Waals surface area contributed by atoms with Crippen LogP contribution in [0, 0.1) is 0 Å². The lowest BCUT2D eigenvalue weighted by atomic mass is 9.99. The van der Waals surface area contributed by atoms with Crippen molar-refractivity contribution in [2.45, 2.75) is 339 Å². The zero-order valence-electron chi connectivity index (χ0n) is 49.1. The van der Waals surface area contributed by atoms with E-state index in [2.05, 4.69) is 62.5 Å². The highest BCUT2D eigenvalue weighted by molar-refractivity contribution is 5.80. The summed E-state index contributed by atoms with van der Waals surface area (Å²) in [6.45, 7) is 5.77. The molecule has 1 amide bonds. The van der Waals surface area contributed by atoms with Crippen LogP contribution in [0.2, 0.25) is 0 Å². The molecule has 0 spiro atoms. The predicted octanol–water partition coefficient (Wildman–Crippen LogP) is 15.2. The number of allylic oxidation sites excluding steroid dienone is 7. The van der Waals surface area contributed by atoms with E-state index in [1.165, 1.54) is 180 Å². The van der Waals surface area contributed by atoms with Crippen molar-refractivity contribution in [2.75, 3.05) is 13.2 Å². The van der Waals surface area contributed by atoms with Crippen LogP contribution in [0.5, 0.6) is 0 Å². The third kappa shape index (κ3) is 40.8. The summed E-state index contributed by atoms with van der Waals surface area (Å²) in [6, 6.07) is -1.03. The minimum atomic E-state index is -1.62. The number of ether oxygens (including phenoxy) is 3. The van der Waals surface area contributed by atoms with Gasteiger partial charge in [-0.15, -0.1) is 0 Å². The Hall–Kier alpha value is -2.38. The quantitative estimate of drug-likeness (QED) is 0.0195. The molecule has 11 nitrogen and oxygen atoms in total. The summed E-state index contributed by atoms with van der Waals surface area (Å²) in [5, 5.41) is 57.0. The monoisotopic (exact) mass is 1070 g/mol. The fraction of sp³-hybridized carbons (Fsp3) is 0.846. The lowest BCUT2D eigenvalue weighted by Gasteiger charge is -2.41. The molecule has 1 aliphatic heterocycles. The first kappa shape index (κ1) is 71.6. The van der Waals surface area contributed by atoms with Crippen molar-refractivity contribution in [3.63, 3.8) is 0 Å². The maximum absolute atomic E-state index is 13.4. The van der Waals surface area contributed by atoms with Crippen molar-refractivity contribution in [2.24, 2.45) is 0 Å². The van der Waals surface area contributed by atoms with Gasteiger partial charge in [0.25, 0.3) is 0 Å². The Morgan fingerprint density at radius 1 is 0.513 bits per heavy atom. The van der Waals surface area contributed by atoms with Gasteiger partial charge in [0.15, 0.2) is 12.4 Å². The molecule has 8 unspecified atom stereocenters. The summed E-state index contributed by atoms with van der Waals surface area (Å²) in [6.07, 6.45) is 54.3. The third-order valence-electron chi connectivity index (χ3n) is 15.0. The van der Waals surface area contributed by atoms with Gasteiger partial charge in [-0.3, -0.25) is 9.59 Å². The van der Waals surface area contributed by atoms with E-state index in [9.17, 15) is 35.1 Å². The Balaban J connectivity index is 2.65. The van der Waals surface area contributed by atoms with Gasteiger partial charge < -0.3 is 45.1 Å². The average Bonchev–Trinajstić information content (AvgIpc) is 3.42. The number of aliphatic hydroxyl groups excluding tert-OH is 5. The van der Waals surface area contributed by atoms with Gasteiger partial charge in [-0.25, -0.2) is 0 Å². The molecule has 1 fully saturated rings. The molecule has 8 atom stereocenters. The number of amides is 1. The molecule has 0 aromatic carbocycles. The van der Waals surface area contributed by atoms with Crippen LogP contribution >= 0.6 is 0 Å². The van der Waals surface area contributed by atoms with E-state index in [-0.39, 0.29) is 19.4 Å². The normalized spacial score (nSPS) is 19.4. The van der Waals surface area contributed by atoms with Crippen LogP contribution in [0.4, 0.5) is 0 Å². The SMILES string of the molecule is CCCCC/C=C\C/C=C\CCCCCCCCCCCCCC(=O)OC1C(OCC(NC(=O)C(O)CCCC/C=C\CCCCCCCCC)C(O)/C=C/CCCCCCCCCCCCC)OC(CO)C(O)C1O. The predicted molar refractivity (Wildman–Crippen MR) is 315 cm³/mol. The van der Waals surface area contributed by atoms with Crippen molar-refractivity contribution >= 4 is 11.9 Å². The number of esters is 1. The Morgan fingerprint density at radius 3 is 1.38 bits per heavy atom. The number of rotatable bonds is 54. The molecule has 0 aliphatic carbocycles. The number of nitrogens with one attached hydrogen (secondary N) is 1. The first-order chi connectivity index (χ1) is 37.2. The maximum Gasteiger partial charge on any atom is 0.306 e. The van der Waals surface area contributed by atoms with E-state index >= 15 is 0 Å². The first-order valence-corrected chi connectivity index (χ1v) is 31.9. The smallest absolute Gasteiger partial charge is 0.306 e. The van der Waals surface area contributed by atoms with Crippen LogP contribution in [-0.2, 0) is 23.8 Å². The summed E-state index contributed by atoms with van der Waals surface area (Å²) in [7, 11) is 0. The molecular weight excluding hydrogens is 955 g/mol. The summed E-state index contributed by atoms with van der Waals surface area (Å²) in [4.78, 5) is 26.5.